The summed E-state index contributed by atoms with van der Waals surface area (Å²) in [4.78, 5) is 2.06. The molecule has 0 bridgehead atoms. The Morgan fingerprint density at radius 3 is 2.21 bits per heavy atom. The lowest BCUT2D eigenvalue weighted by atomic mass is 10.1. The fourth-order valence-electron chi connectivity index (χ4n) is 1.08. The second kappa shape index (κ2) is 6.17. The Morgan fingerprint density at radius 1 is 1.29 bits per heavy atom. The molecule has 0 N–H and O–H groups in total. The van der Waals surface area contributed by atoms with E-state index >= 15 is 0 Å². The highest BCUT2D eigenvalue weighted by atomic mass is 32.1. The number of thiophene rings is 1. The number of hydrogen-bond acceptors (Lipinski definition) is 2. The molecule has 0 saturated carbocycles. The van der Waals surface area contributed by atoms with Gasteiger partial charge in [-0.05, 0) is 6.92 Å². The minimum Gasteiger partial charge on any atom is -0.192 e. The smallest absolute Gasteiger partial charge is 0.101 e. The Hall–Kier alpha value is -1.33. The predicted molar refractivity (Wildman–Crippen MR) is 65.3 cm³/mol. The van der Waals surface area contributed by atoms with E-state index in [1.165, 1.54) is 0 Å². The molecule has 0 fully saturated rings. The van der Waals surface area contributed by atoms with Crippen LogP contribution in [0.1, 0.15) is 34.7 Å². The molecule has 14 heavy (non-hydrogen) atoms. The zero-order valence-corrected chi connectivity index (χ0v) is 9.74. The van der Waals surface area contributed by atoms with Gasteiger partial charge in [0.15, 0.2) is 0 Å². The number of nitriles is 1. The monoisotopic (exact) mass is 205 g/mol. The van der Waals surface area contributed by atoms with Gasteiger partial charge in [0.2, 0.25) is 0 Å². The van der Waals surface area contributed by atoms with Crippen LogP contribution in [0, 0.1) is 18.3 Å². The van der Waals surface area contributed by atoms with Crippen LogP contribution in [0.3, 0.4) is 0 Å². The van der Waals surface area contributed by atoms with E-state index in [-0.39, 0.29) is 0 Å². The standard InChI is InChI=1S/C10H9NS.C2H6/c1-4-8-9(6-11)7(3)12-10(8)5-2;1-2/h4-5H,1-2H2,3H3;1-2H3. The summed E-state index contributed by atoms with van der Waals surface area (Å²) in [6.45, 7) is 13.3. The van der Waals surface area contributed by atoms with E-state index in [9.17, 15) is 0 Å². The summed E-state index contributed by atoms with van der Waals surface area (Å²) in [6.07, 6.45) is 3.47. The van der Waals surface area contributed by atoms with Crippen molar-refractivity contribution >= 4 is 23.5 Å². The molecule has 1 aromatic heterocycles. The molecule has 1 heterocycles. The second-order valence-corrected chi connectivity index (χ2v) is 3.59. The number of aryl methyl sites for hydroxylation is 1. The lowest BCUT2D eigenvalue weighted by Gasteiger charge is -1.89. The van der Waals surface area contributed by atoms with Gasteiger partial charge in [-0.3, -0.25) is 0 Å². The molecule has 0 aliphatic heterocycles. The first-order chi connectivity index (χ1) is 6.74. The molecule has 0 spiro atoms. The highest BCUT2D eigenvalue weighted by molar-refractivity contribution is 7.13. The van der Waals surface area contributed by atoms with Crippen LogP contribution in [0.5, 0.6) is 0 Å². The van der Waals surface area contributed by atoms with E-state index in [0.717, 1.165) is 20.9 Å². The van der Waals surface area contributed by atoms with Crippen molar-refractivity contribution in [2.24, 2.45) is 0 Å². The van der Waals surface area contributed by atoms with Crippen LogP contribution >= 0.6 is 11.3 Å². The Bertz CT molecular complexity index is 366. The summed E-state index contributed by atoms with van der Waals surface area (Å²) < 4.78 is 0. The van der Waals surface area contributed by atoms with Crippen LogP contribution < -0.4 is 0 Å². The van der Waals surface area contributed by atoms with E-state index in [2.05, 4.69) is 19.2 Å². The normalized spacial score (nSPS) is 8.14. The van der Waals surface area contributed by atoms with Crippen LogP contribution in [-0.4, -0.2) is 0 Å². The lowest BCUT2D eigenvalue weighted by molar-refractivity contribution is 1.46. The topological polar surface area (TPSA) is 23.8 Å². The van der Waals surface area contributed by atoms with Gasteiger partial charge in [-0.15, -0.1) is 11.3 Å². The fourth-order valence-corrected chi connectivity index (χ4v) is 2.04. The van der Waals surface area contributed by atoms with Gasteiger partial charge in [-0.25, -0.2) is 0 Å². The molecule has 1 nitrogen and oxygen atoms in total. The van der Waals surface area contributed by atoms with Crippen molar-refractivity contribution in [1.29, 1.82) is 5.26 Å². The first-order valence-electron chi connectivity index (χ1n) is 4.53. The summed E-state index contributed by atoms with van der Waals surface area (Å²) in [5.41, 5.74) is 1.64. The van der Waals surface area contributed by atoms with Gasteiger partial charge in [-0.1, -0.05) is 39.2 Å². The largest absolute Gasteiger partial charge is 0.192 e. The molecule has 2 heteroatoms. The van der Waals surface area contributed by atoms with Crippen LogP contribution in [-0.2, 0) is 0 Å². The van der Waals surface area contributed by atoms with Gasteiger partial charge in [0.25, 0.3) is 0 Å². The van der Waals surface area contributed by atoms with Crippen LogP contribution in [0.15, 0.2) is 13.2 Å². The van der Waals surface area contributed by atoms with Gasteiger partial charge in [0.05, 0.1) is 5.56 Å². The van der Waals surface area contributed by atoms with Gasteiger partial charge >= 0.3 is 0 Å². The average Bonchev–Trinajstić information content (AvgIpc) is 2.56. The number of nitrogens with zero attached hydrogens (tertiary/aromatic N) is 1. The molecule has 0 aliphatic rings. The van der Waals surface area contributed by atoms with E-state index in [1.54, 1.807) is 23.5 Å². The number of rotatable bonds is 2. The van der Waals surface area contributed by atoms with Crippen molar-refractivity contribution in [2.45, 2.75) is 20.8 Å². The highest BCUT2D eigenvalue weighted by Crippen LogP contribution is 2.28. The SMILES string of the molecule is C=Cc1sc(C)c(C#N)c1C=C.CC. The maximum atomic E-state index is 8.81. The van der Waals surface area contributed by atoms with E-state index in [0.29, 0.717) is 0 Å². The van der Waals surface area contributed by atoms with Gasteiger partial charge in [0.1, 0.15) is 6.07 Å². The second-order valence-electron chi connectivity index (χ2n) is 2.33. The molecule has 0 aliphatic carbocycles. The van der Waals surface area contributed by atoms with E-state index in [4.69, 9.17) is 5.26 Å². The quantitative estimate of drug-likeness (QED) is 0.708. The number of hydrogen-bond donors (Lipinski definition) is 0. The molecule has 0 unspecified atom stereocenters. The molecule has 0 atom stereocenters. The molecule has 1 aromatic rings. The minimum absolute atomic E-state index is 0.727. The van der Waals surface area contributed by atoms with E-state index in [1.807, 2.05) is 20.8 Å². The Morgan fingerprint density at radius 2 is 1.86 bits per heavy atom. The lowest BCUT2D eigenvalue weighted by Crippen LogP contribution is -1.77. The third-order valence-electron chi connectivity index (χ3n) is 1.65. The fraction of sp³-hybridized carbons (Fsp3) is 0.250. The molecule has 0 radical (unpaired) electrons. The zero-order valence-electron chi connectivity index (χ0n) is 8.92. The van der Waals surface area contributed by atoms with Gasteiger partial charge < -0.3 is 0 Å². The summed E-state index contributed by atoms with van der Waals surface area (Å²) in [5, 5.41) is 8.81. The minimum atomic E-state index is 0.727. The summed E-state index contributed by atoms with van der Waals surface area (Å²) >= 11 is 1.58. The van der Waals surface area contributed by atoms with Crippen molar-refractivity contribution < 1.29 is 0 Å². The van der Waals surface area contributed by atoms with Crippen molar-refractivity contribution in [2.75, 3.05) is 0 Å². The predicted octanol–water partition coefficient (Wildman–Crippen LogP) is 4.24. The Labute approximate surface area is 90.0 Å². The van der Waals surface area contributed by atoms with Crippen LogP contribution in [0.25, 0.3) is 12.2 Å². The maximum absolute atomic E-state index is 8.81. The van der Waals surface area contributed by atoms with Crippen molar-refractivity contribution in [3.8, 4) is 6.07 Å². The summed E-state index contributed by atoms with van der Waals surface area (Å²) in [5.74, 6) is 0. The molecule has 1 rings (SSSR count). The van der Waals surface area contributed by atoms with Crippen LogP contribution in [0.4, 0.5) is 0 Å². The molecule has 74 valence electrons. The van der Waals surface area contributed by atoms with Crippen molar-refractivity contribution in [3.63, 3.8) is 0 Å². The van der Waals surface area contributed by atoms with Gasteiger partial charge in [0, 0.05) is 15.3 Å². The average molecular weight is 205 g/mol. The summed E-state index contributed by atoms with van der Waals surface area (Å²) in [7, 11) is 0. The Kier molecular flexibility index (Phi) is 5.59. The first-order valence-corrected chi connectivity index (χ1v) is 5.34. The van der Waals surface area contributed by atoms with Crippen molar-refractivity contribution in [3.05, 3.63) is 34.0 Å². The first kappa shape index (κ1) is 12.7. The molecule has 0 amide bonds. The zero-order chi connectivity index (χ0) is 11.1. The van der Waals surface area contributed by atoms with Crippen molar-refractivity contribution in [1.82, 2.24) is 0 Å². The Balaban J connectivity index is 0.000000791. The maximum Gasteiger partial charge on any atom is 0.101 e. The molecular weight excluding hydrogens is 190 g/mol. The molecule has 0 saturated heterocycles. The van der Waals surface area contributed by atoms with Gasteiger partial charge in [-0.2, -0.15) is 5.26 Å². The molecule has 0 aromatic carbocycles. The third-order valence-corrected chi connectivity index (χ3v) is 2.77. The summed E-state index contributed by atoms with van der Waals surface area (Å²) in [6, 6.07) is 2.16. The highest BCUT2D eigenvalue weighted by Gasteiger charge is 2.09. The molecular formula is C12H15NS. The van der Waals surface area contributed by atoms with Crippen LogP contribution in [0.2, 0.25) is 0 Å². The van der Waals surface area contributed by atoms with E-state index < -0.39 is 0 Å². The third kappa shape index (κ3) is 2.34.